The molecule has 2 aliphatic rings. The third-order valence-corrected chi connectivity index (χ3v) is 5.45. The number of aromatic nitrogens is 1. The number of hydrogen-bond donors (Lipinski definition) is 1. The van der Waals surface area contributed by atoms with Gasteiger partial charge in [0.05, 0.1) is 17.0 Å². The number of fused-ring (bicyclic) bond motifs is 1. The van der Waals surface area contributed by atoms with Crippen LogP contribution in [0.15, 0.2) is 30.3 Å². The standard InChI is InChI=1S/C21H23N3O4/c22-20(26)14-4-3-9-24(11-14)19(25)12-28-21(27)16-10-18(13-7-8-13)23-17-6-2-1-5-15(16)17/h1-2,5-6,10,13-14H,3-4,7-9,11-12H2,(H2,22,26)/t14-/m0/s1. The summed E-state index contributed by atoms with van der Waals surface area (Å²) in [4.78, 5) is 42.7. The number of carbonyl (C=O) groups is 3. The topological polar surface area (TPSA) is 103 Å². The number of benzene rings is 1. The lowest BCUT2D eigenvalue weighted by Gasteiger charge is -2.31. The quantitative estimate of drug-likeness (QED) is 0.798. The van der Waals surface area contributed by atoms with E-state index in [4.69, 9.17) is 10.5 Å². The van der Waals surface area contributed by atoms with Gasteiger partial charge in [0.1, 0.15) is 0 Å². The van der Waals surface area contributed by atoms with Crippen LogP contribution in [0.1, 0.15) is 47.7 Å². The van der Waals surface area contributed by atoms with Gasteiger partial charge in [0.15, 0.2) is 6.61 Å². The fraction of sp³-hybridized carbons (Fsp3) is 0.429. The first kappa shape index (κ1) is 18.4. The SMILES string of the molecule is NC(=O)[C@H]1CCCN(C(=O)COC(=O)c2cc(C3CC3)nc3ccccc23)C1. The zero-order chi connectivity index (χ0) is 19.7. The highest BCUT2D eigenvalue weighted by molar-refractivity contribution is 6.04. The molecule has 7 nitrogen and oxygen atoms in total. The van der Waals surface area contributed by atoms with Gasteiger partial charge in [0.2, 0.25) is 5.91 Å². The first-order valence-corrected chi connectivity index (χ1v) is 9.67. The van der Waals surface area contributed by atoms with E-state index in [2.05, 4.69) is 4.98 Å². The van der Waals surface area contributed by atoms with Gasteiger partial charge in [0, 0.05) is 30.1 Å². The van der Waals surface area contributed by atoms with Crippen LogP contribution in [0.2, 0.25) is 0 Å². The largest absolute Gasteiger partial charge is 0.452 e. The first-order chi connectivity index (χ1) is 13.5. The lowest BCUT2D eigenvalue weighted by Crippen LogP contribution is -2.45. The third-order valence-electron chi connectivity index (χ3n) is 5.45. The summed E-state index contributed by atoms with van der Waals surface area (Å²) in [5.41, 5.74) is 7.45. The Morgan fingerprint density at radius 2 is 1.96 bits per heavy atom. The number of hydrogen-bond acceptors (Lipinski definition) is 5. The number of ether oxygens (including phenoxy) is 1. The third kappa shape index (κ3) is 3.83. The minimum atomic E-state index is -0.530. The molecule has 2 N–H and O–H groups in total. The fourth-order valence-corrected chi connectivity index (χ4v) is 3.69. The minimum Gasteiger partial charge on any atom is -0.452 e. The Hall–Kier alpha value is -2.96. The Bertz CT molecular complexity index is 938. The number of piperidine rings is 1. The summed E-state index contributed by atoms with van der Waals surface area (Å²) in [5.74, 6) is -1.17. The maximum Gasteiger partial charge on any atom is 0.339 e. The van der Waals surface area contributed by atoms with Crippen LogP contribution in [0.3, 0.4) is 0 Å². The van der Waals surface area contributed by atoms with Gasteiger partial charge in [-0.1, -0.05) is 18.2 Å². The van der Waals surface area contributed by atoms with Gasteiger partial charge in [0.25, 0.3) is 5.91 Å². The molecule has 1 aliphatic carbocycles. The van der Waals surface area contributed by atoms with Gasteiger partial charge in [-0.25, -0.2) is 4.79 Å². The molecular weight excluding hydrogens is 358 g/mol. The van der Waals surface area contributed by atoms with Crippen molar-refractivity contribution in [3.63, 3.8) is 0 Å². The lowest BCUT2D eigenvalue weighted by molar-refractivity contribution is -0.137. The Morgan fingerprint density at radius 1 is 1.18 bits per heavy atom. The van der Waals surface area contributed by atoms with Crippen LogP contribution in [-0.2, 0) is 14.3 Å². The minimum absolute atomic E-state index is 0.287. The van der Waals surface area contributed by atoms with Crippen molar-refractivity contribution in [3.05, 3.63) is 41.6 Å². The molecule has 2 fully saturated rings. The average molecular weight is 381 g/mol. The summed E-state index contributed by atoms with van der Waals surface area (Å²) in [5, 5.41) is 0.719. The molecule has 4 rings (SSSR count). The molecule has 1 saturated carbocycles. The molecule has 146 valence electrons. The van der Waals surface area contributed by atoms with E-state index in [9.17, 15) is 14.4 Å². The van der Waals surface area contributed by atoms with Crippen molar-refractivity contribution >= 4 is 28.7 Å². The molecule has 2 aromatic rings. The summed E-state index contributed by atoms with van der Waals surface area (Å²) < 4.78 is 5.33. The number of carbonyl (C=O) groups excluding carboxylic acids is 3. The van der Waals surface area contributed by atoms with E-state index >= 15 is 0 Å². The Morgan fingerprint density at radius 3 is 2.71 bits per heavy atom. The van der Waals surface area contributed by atoms with Crippen LogP contribution in [0.25, 0.3) is 10.9 Å². The van der Waals surface area contributed by atoms with Crippen molar-refractivity contribution in [3.8, 4) is 0 Å². The number of para-hydroxylation sites is 1. The van der Waals surface area contributed by atoms with Gasteiger partial charge in [-0.15, -0.1) is 0 Å². The molecule has 1 aromatic carbocycles. The Balaban J connectivity index is 1.46. The van der Waals surface area contributed by atoms with E-state index in [1.54, 1.807) is 11.0 Å². The lowest BCUT2D eigenvalue weighted by atomic mass is 9.97. The highest BCUT2D eigenvalue weighted by atomic mass is 16.5. The van der Waals surface area contributed by atoms with Crippen molar-refractivity contribution in [1.29, 1.82) is 0 Å². The number of primary amides is 1. The molecule has 2 heterocycles. The Kier molecular flexibility index (Phi) is 4.98. The van der Waals surface area contributed by atoms with Gasteiger partial charge in [-0.2, -0.15) is 0 Å². The zero-order valence-electron chi connectivity index (χ0n) is 15.6. The first-order valence-electron chi connectivity index (χ1n) is 9.67. The molecular formula is C21H23N3O4. The maximum atomic E-state index is 12.7. The van der Waals surface area contributed by atoms with Crippen molar-refractivity contribution in [1.82, 2.24) is 9.88 Å². The van der Waals surface area contributed by atoms with Gasteiger partial charge >= 0.3 is 5.97 Å². The van der Waals surface area contributed by atoms with E-state index in [0.717, 1.165) is 29.4 Å². The van der Waals surface area contributed by atoms with E-state index in [0.29, 0.717) is 30.9 Å². The number of amides is 2. The van der Waals surface area contributed by atoms with Gasteiger partial charge in [-0.3, -0.25) is 14.6 Å². The van der Waals surface area contributed by atoms with Crippen LogP contribution in [0, 0.1) is 5.92 Å². The summed E-state index contributed by atoms with van der Waals surface area (Å²) in [7, 11) is 0. The molecule has 1 atom stereocenters. The summed E-state index contributed by atoms with van der Waals surface area (Å²) in [6.07, 6.45) is 3.56. The predicted molar refractivity (Wildman–Crippen MR) is 102 cm³/mol. The highest BCUT2D eigenvalue weighted by Gasteiger charge is 2.29. The van der Waals surface area contributed by atoms with E-state index in [-0.39, 0.29) is 25.0 Å². The van der Waals surface area contributed by atoms with E-state index < -0.39 is 11.9 Å². The van der Waals surface area contributed by atoms with Crippen molar-refractivity contribution in [2.45, 2.75) is 31.6 Å². The number of pyridine rings is 1. The second-order valence-electron chi connectivity index (χ2n) is 7.54. The van der Waals surface area contributed by atoms with Crippen molar-refractivity contribution < 1.29 is 19.1 Å². The molecule has 1 aromatic heterocycles. The monoisotopic (exact) mass is 381 g/mol. The summed E-state index contributed by atoms with van der Waals surface area (Å²) in [6, 6.07) is 9.23. The number of likely N-dealkylation sites (tertiary alicyclic amines) is 1. The zero-order valence-corrected chi connectivity index (χ0v) is 15.6. The van der Waals surface area contributed by atoms with Crippen molar-refractivity contribution in [2.24, 2.45) is 11.7 Å². The molecule has 28 heavy (non-hydrogen) atoms. The molecule has 0 bridgehead atoms. The number of nitrogens with zero attached hydrogens (tertiary/aromatic N) is 2. The van der Waals surface area contributed by atoms with Crippen LogP contribution < -0.4 is 5.73 Å². The normalized spacial score (nSPS) is 19.4. The van der Waals surface area contributed by atoms with Crippen LogP contribution in [0.4, 0.5) is 0 Å². The summed E-state index contributed by atoms with van der Waals surface area (Å²) in [6.45, 7) is 0.486. The number of rotatable bonds is 5. The average Bonchev–Trinajstić information content (AvgIpc) is 3.56. The molecule has 1 saturated heterocycles. The summed E-state index contributed by atoms with van der Waals surface area (Å²) >= 11 is 0. The van der Waals surface area contributed by atoms with Gasteiger partial charge < -0.3 is 15.4 Å². The van der Waals surface area contributed by atoms with E-state index in [1.165, 1.54) is 0 Å². The second kappa shape index (κ2) is 7.58. The molecule has 0 spiro atoms. The predicted octanol–water partition coefficient (Wildman–Crippen LogP) is 1.99. The second-order valence-corrected chi connectivity index (χ2v) is 7.54. The number of nitrogens with two attached hydrogens (primary N) is 1. The highest BCUT2D eigenvalue weighted by Crippen LogP contribution is 2.40. The van der Waals surface area contributed by atoms with Gasteiger partial charge in [-0.05, 0) is 37.8 Å². The molecule has 1 aliphatic heterocycles. The molecule has 2 amide bonds. The fourth-order valence-electron chi connectivity index (χ4n) is 3.69. The number of esters is 1. The molecule has 0 radical (unpaired) electrons. The van der Waals surface area contributed by atoms with E-state index in [1.807, 2.05) is 24.3 Å². The van der Waals surface area contributed by atoms with Crippen LogP contribution in [0.5, 0.6) is 0 Å². The Labute approximate surface area is 162 Å². The van der Waals surface area contributed by atoms with Crippen LogP contribution >= 0.6 is 0 Å². The molecule has 7 heteroatoms. The maximum absolute atomic E-state index is 12.7. The molecule has 0 unspecified atom stereocenters. The van der Waals surface area contributed by atoms with Crippen molar-refractivity contribution in [2.75, 3.05) is 19.7 Å². The smallest absolute Gasteiger partial charge is 0.339 e. The van der Waals surface area contributed by atoms with Crippen LogP contribution in [-0.4, -0.2) is 47.4 Å².